The Labute approximate surface area is 102 Å². The van der Waals surface area contributed by atoms with Crippen molar-refractivity contribution in [2.24, 2.45) is 11.7 Å². The molecule has 1 atom stereocenters. The summed E-state index contributed by atoms with van der Waals surface area (Å²) in [6.45, 7) is 7.28. The van der Waals surface area contributed by atoms with Crippen molar-refractivity contribution in [2.45, 2.75) is 46.1 Å². The van der Waals surface area contributed by atoms with Crippen LogP contribution in [0.5, 0.6) is 0 Å². The number of hydrogen-bond acceptors (Lipinski definition) is 5. The molecule has 1 heterocycles. The Morgan fingerprint density at radius 2 is 2.19 bits per heavy atom. The maximum absolute atomic E-state index is 5.98. The molecule has 0 spiro atoms. The Kier molecular flexibility index (Phi) is 5.69. The van der Waals surface area contributed by atoms with Crippen LogP contribution in [-0.2, 0) is 6.42 Å². The predicted molar refractivity (Wildman–Crippen MR) is 69.8 cm³/mol. The molecule has 1 unspecified atom stereocenters. The third-order valence-corrected chi connectivity index (χ3v) is 2.94. The van der Waals surface area contributed by atoms with Crippen molar-refractivity contribution in [3.05, 3.63) is 5.82 Å². The topological polar surface area (TPSA) is 63.8 Å². The molecule has 0 bridgehead atoms. The summed E-state index contributed by atoms with van der Waals surface area (Å²) >= 11 is 1.42. The highest BCUT2D eigenvalue weighted by Gasteiger charge is 2.07. The summed E-state index contributed by atoms with van der Waals surface area (Å²) < 4.78 is 4.27. The monoisotopic (exact) mass is 242 g/mol. The maximum atomic E-state index is 5.98. The van der Waals surface area contributed by atoms with Crippen LogP contribution >= 0.6 is 11.5 Å². The number of aromatic nitrogens is 2. The van der Waals surface area contributed by atoms with Crippen molar-refractivity contribution in [3.8, 4) is 0 Å². The van der Waals surface area contributed by atoms with Gasteiger partial charge in [-0.25, -0.2) is 4.98 Å². The molecule has 0 aliphatic carbocycles. The van der Waals surface area contributed by atoms with E-state index in [9.17, 15) is 0 Å². The quantitative estimate of drug-likeness (QED) is 0.770. The second-order valence-corrected chi connectivity index (χ2v) is 5.29. The van der Waals surface area contributed by atoms with E-state index < -0.39 is 0 Å². The van der Waals surface area contributed by atoms with Gasteiger partial charge in [-0.3, -0.25) is 0 Å². The molecule has 0 aromatic carbocycles. The minimum atomic E-state index is 0.193. The summed E-state index contributed by atoms with van der Waals surface area (Å²) in [5, 5.41) is 4.14. The van der Waals surface area contributed by atoms with E-state index in [1.807, 2.05) is 0 Å². The van der Waals surface area contributed by atoms with Gasteiger partial charge in [0.05, 0.1) is 0 Å². The van der Waals surface area contributed by atoms with Crippen LogP contribution < -0.4 is 11.1 Å². The molecule has 1 aromatic heterocycles. The van der Waals surface area contributed by atoms with E-state index in [1.54, 1.807) is 0 Å². The molecule has 4 nitrogen and oxygen atoms in total. The van der Waals surface area contributed by atoms with Gasteiger partial charge in [-0.2, -0.15) is 4.37 Å². The minimum absolute atomic E-state index is 0.193. The van der Waals surface area contributed by atoms with Gasteiger partial charge < -0.3 is 11.1 Å². The van der Waals surface area contributed by atoms with Gasteiger partial charge in [0.15, 0.2) is 0 Å². The SMILES string of the molecule is CCCc1nsc(NCC(N)CC(C)C)n1. The molecule has 92 valence electrons. The van der Waals surface area contributed by atoms with Gasteiger partial charge in [-0.15, -0.1) is 0 Å². The van der Waals surface area contributed by atoms with Crippen LogP contribution in [-0.4, -0.2) is 21.9 Å². The van der Waals surface area contributed by atoms with Crippen molar-refractivity contribution < 1.29 is 0 Å². The molecular formula is C11H22N4S. The molecular weight excluding hydrogens is 220 g/mol. The Balaban J connectivity index is 2.30. The van der Waals surface area contributed by atoms with E-state index in [-0.39, 0.29) is 6.04 Å². The average molecular weight is 242 g/mol. The Morgan fingerprint density at radius 1 is 1.44 bits per heavy atom. The molecule has 0 amide bonds. The van der Waals surface area contributed by atoms with E-state index in [0.29, 0.717) is 5.92 Å². The van der Waals surface area contributed by atoms with Crippen molar-refractivity contribution in [1.29, 1.82) is 0 Å². The zero-order valence-corrected chi connectivity index (χ0v) is 11.2. The molecule has 0 saturated carbocycles. The first-order valence-corrected chi connectivity index (χ1v) is 6.71. The van der Waals surface area contributed by atoms with Crippen LogP contribution in [0.15, 0.2) is 0 Å². The van der Waals surface area contributed by atoms with Crippen LogP contribution in [0.1, 0.15) is 39.4 Å². The van der Waals surface area contributed by atoms with Crippen LogP contribution in [0.2, 0.25) is 0 Å². The second-order valence-electron chi connectivity index (χ2n) is 4.54. The summed E-state index contributed by atoms with van der Waals surface area (Å²) in [6.07, 6.45) is 3.08. The van der Waals surface area contributed by atoms with Gasteiger partial charge in [-0.1, -0.05) is 20.8 Å². The summed E-state index contributed by atoms with van der Waals surface area (Å²) in [5.74, 6) is 1.58. The molecule has 1 aromatic rings. The second kappa shape index (κ2) is 6.81. The van der Waals surface area contributed by atoms with Gasteiger partial charge in [0.25, 0.3) is 0 Å². The van der Waals surface area contributed by atoms with Crippen LogP contribution in [0.4, 0.5) is 5.13 Å². The molecule has 0 aliphatic rings. The van der Waals surface area contributed by atoms with Crippen molar-refractivity contribution in [2.75, 3.05) is 11.9 Å². The van der Waals surface area contributed by atoms with Gasteiger partial charge in [0, 0.05) is 30.5 Å². The first kappa shape index (κ1) is 13.4. The molecule has 3 N–H and O–H groups in total. The number of aryl methyl sites for hydroxylation is 1. The number of anilines is 1. The third kappa shape index (κ3) is 4.90. The van der Waals surface area contributed by atoms with E-state index in [4.69, 9.17) is 5.73 Å². The standard InChI is InChI=1S/C11H22N4S/c1-4-5-10-14-11(16-15-10)13-7-9(12)6-8(2)3/h8-9H,4-7,12H2,1-3H3,(H,13,14,15). The maximum Gasteiger partial charge on any atom is 0.202 e. The normalized spacial score (nSPS) is 13.1. The highest BCUT2D eigenvalue weighted by molar-refractivity contribution is 7.09. The van der Waals surface area contributed by atoms with E-state index >= 15 is 0 Å². The Bertz CT molecular complexity index is 298. The van der Waals surface area contributed by atoms with E-state index in [2.05, 4.69) is 35.4 Å². The number of hydrogen-bond donors (Lipinski definition) is 2. The lowest BCUT2D eigenvalue weighted by Crippen LogP contribution is -2.30. The lowest BCUT2D eigenvalue weighted by atomic mass is 10.1. The van der Waals surface area contributed by atoms with Crippen LogP contribution in [0, 0.1) is 5.92 Å². The van der Waals surface area contributed by atoms with Crippen LogP contribution in [0.3, 0.4) is 0 Å². The summed E-state index contributed by atoms with van der Waals surface area (Å²) in [5.41, 5.74) is 5.98. The first-order valence-electron chi connectivity index (χ1n) is 5.93. The lowest BCUT2D eigenvalue weighted by Gasteiger charge is -2.13. The minimum Gasteiger partial charge on any atom is -0.359 e. The zero-order chi connectivity index (χ0) is 12.0. The smallest absolute Gasteiger partial charge is 0.202 e. The summed E-state index contributed by atoms with van der Waals surface area (Å²) in [6, 6.07) is 0.193. The van der Waals surface area contributed by atoms with Gasteiger partial charge in [-0.05, 0) is 18.8 Å². The largest absolute Gasteiger partial charge is 0.359 e. The summed E-state index contributed by atoms with van der Waals surface area (Å²) in [4.78, 5) is 4.39. The van der Waals surface area contributed by atoms with E-state index in [0.717, 1.165) is 36.8 Å². The Hall–Kier alpha value is -0.680. The molecule has 16 heavy (non-hydrogen) atoms. The molecule has 0 aliphatic heterocycles. The van der Waals surface area contributed by atoms with Gasteiger partial charge in [0.2, 0.25) is 5.13 Å². The number of nitrogens with two attached hydrogens (primary N) is 1. The van der Waals surface area contributed by atoms with Gasteiger partial charge in [0.1, 0.15) is 5.82 Å². The molecule has 0 radical (unpaired) electrons. The Morgan fingerprint density at radius 3 is 2.81 bits per heavy atom. The molecule has 1 rings (SSSR count). The van der Waals surface area contributed by atoms with Crippen LogP contribution in [0.25, 0.3) is 0 Å². The zero-order valence-electron chi connectivity index (χ0n) is 10.4. The molecule has 5 heteroatoms. The highest BCUT2D eigenvalue weighted by atomic mass is 32.1. The highest BCUT2D eigenvalue weighted by Crippen LogP contribution is 2.12. The first-order chi connectivity index (χ1) is 7.61. The summed E-state index contributed by atoms with van der Waals surface area (Å²) in [7, 11) is 0. The number of nitrogens with zero attached hydrogens (tertiary/aromatic N) is 2. The van der Waals surface area contributed by atoms with Crippen molar-refractivity contribution >= 4 is 16.7 Å². The third-order valence-electron chi connectivity index (χ3n) is 2.23. The van der Waals surface area contributed by atoms with Gasteiger partial charge >= 0.3 is 0 Å². The van der Waals surface area contributed by atoms with Crippen molar-refractivity contribution in [3.63, 3.8) is 0 Å². The fourth-order valence-corrected chi connectivity index (χ4v) is 2.18. The lowest BCUT2D eigenvalue weighted by molar-refractivity contribution is 0.508. The fourth-order valence-electron chi connectivity index (χ4n) is 1.56. The van der Waals surface area contributed by atoms with Crippen molar-refractivity contribution in [1.82, 2.24) is 9.36 Å². The average Bonchev–Trinajstić information content (AvgIpc) is 2.62. The fraction of sp³-hybridized carbons (Fsp3) is 0.818. The number of rotatable bonds is 7. The predicted octanol–water partition coefficient (Wildman–Crippen LogP) is 2.28. The number of nitrogens with one attached hydrogen (secondary N) is 1. The van der Waals surface area contributed by atoms with E-state index in [1.165, 1.54) is 11.5 Å². The molecule has 0 saturated heterocycles. The molecule has 0 fully saturated rings.